The number of rotatable bonds is 7. The number of carboxylic acids is 1. The number of thiazole rings is 1. The summed E-state index contributed by atoms with van der Waals surface area (Å²) in [5, 5.41) is 19.6. The highest BCUT2D eigenvalue weighted by atomic mass is 32.1. The molecule has 4 heterocycles. The van der Waals surface area contributed by atoms with E-state index in [2.05, 4.69) is 35.6 Å². The van der Waals surface area contributed by atoms with E-state index in [1.807, 2.05) is 22.9 Å². The average molecular weight is 442 g/mol. The molecule has 0 radical (unpaired) electrons. The molecular formula is C21H19N3O2S3. The number of hydrogen-bond acceptors (Lipinski definition) is 7. The number of carbonyl (C=O) groups is 1. The van der Waals surface area contributed by atoms with Crippen LogP contribution >= 0.6 is 34.0 Å². The van der Waals surface area contributed by atoms with Crippen molar-refractivity contribution in [3.8, 4) is 21.7 Å². The van der Waals surface area contributed by atoms with Gasteiger partial charge in [-0.2, -0.15) is 11.3 Å². The average Bonchev–Trinajstić information content (AvgIpc) is 3.43. The number of aromatic nitrogens is 2. The molecule has 0 aliphatic heterocycles. The van der Waals surface area contributed by atoms with Crippen molar-refractivity contribution in [2.75, 3.05) is 5.32 Å². The molecule has 0 amide bonds. The summed E-state index contributed by atoms with van der Waals surface area (Å²) in [7, 11) is 0. The molecule has 148 valence electrons. The normalized spacial score (nSPS) is 11.1. The lowest BCUT2D eigenvalue weighted by Gasteiger charge is -2.07. The number of nitrogens with one attached hydrogen (secondary N) is 1. The fourth-order valence-corrected chi connectivity index (χ4v) is 5.49. The van der Waals surface area contributed by atoms with E-state index >= 15 is 0 Å². The lowest BCUT2D eigenvalue weighted by molar-refractivity contribution is 0.0697. The molecule has 0 unspecified atom stereocenters. The molecule has 0 aromatic carbocycles. The van der Waals surface area contributed by atoms with Gasteiger partial charge >= 0.3 is 5.97 Å². The Morgan fingerprint density at radius 3 is 2.76 bits per heavy atom. The SMILES string of the molecule is CC(C)Cc1sc(Nc2ncc(-c3cccs3)cc2C(=O)O)nc1-c1ccsc1. The summed E-state index contributed by atoms with van der Waals surface area (Å²) in [5.41, 5.74) is 2.98. The third kappa shape index (κ3) is 4.39. The lowest BCUT2D eigenvalue weighted by Crippen LogP contribution is -2.05. The number of thiophene rings is 2. The van der Waals surface area contributed by atoms with Gasteiger partial charge in [-0.05, 0) is 41.3 Å². The van der Waals surface area contributed by atoms with Gasteiger partial charge < -0.3 is 10.4 Å². The van der Waals surface area contributed by atoms with Crippen molar-refractivity contribution in [3.63, 3.8) is 0 Å². The minimum absolute atomic E-state index is 0.133. The first-order valence-electron chi connectivity index (χ1n) is 9.07. The van der Waals surface area contributed by atoms with Gasteiger partial charge in [-0.1, -0.05) is 19.9 Å². The number of nitrogens with zero attached hydrogens (tertiary/aromatic N) is 2. The third-order valence-electron chi connectivity index (χ3n) is 4.23. The highest BCUT2D eigenvalue weighted by Gasteiger charge is 2.18. The molecule has 4 rings (SSSR count). The number of anilines is 2. The Hall–Kier alpha value is -2.55. The van der Waals surface area contributed by atoms with Crippen molar-refractivity contribution in [1.29, 1.82) is 0 Å². The van der Waals surface area contributed by atoms with Gasteiger partial charge in [0.2, 0.25) is 0 Å². The van der Waals surface area contributed by atoms with E-state index in [4.69, 9.17) is 4.98 Å². The van der Waals surface area contributed by atoms with Gasteiger partial charge in [-0.15, -0.1) is 22.7 Å². The smallest absolute Gasteiger partial charge is 0.339 e. The molecule has 0 aliphatic rings. The summed E-state index contributed by atoms with van der Waals surface area (Å²) in [6.07, 6.45) is 2.62. The van der Waals surface area contributed by atoms with E-state index in [1.54, 1.807) is 46.3 Å². The van der Waals surface area contributed by atoms with E-state index in [1.165, 1.54) is 4.88 Å². The van der Waals surface area contributed by atoms with Crippen LogP contribution in [0.5, 0.6) is 0 Å². The van der Waals surface area contributed by atoms with Crippen LogP contribution in [0.1, 0.15) is 29.1 Å². The molecule has 5 nitrogen and oxygen atoms in total. The van der Waals surface area contributed by atoms with Crippen LogP contribution in [0.3, 0.4) is 0 Å². The Kier molecular flexibility index (Phi) is 5.75. The van der Waals surface area contributed by atoms with E-state index in [-0.39, 0.29) is 5.56 Å². The van der Waals surface area contributed by atoms with Crippen LogP contribution in [-0.4, -0.2) is 21.0 Å². The molecule has 2 N–H and O–H groups in total. The second-order valence-electron chi connectivity index (χ2n) is 6.93. The molecule has 0 fully saturated rings. The number of aromatic carboxylic acids is 1. The summed E-state index contributed by atoms with van der Waals surface area (Å²) in [4.78, 5) is 23.2. The first kappa shape index (κ1) is 19.8. The second kappa shape index (κ2) is 8.44. The van der Waals surface area contributed by atoms with Gasteiger partial charge in [0.15, 0.2) is 5.13 Å². The molecule has 0 aliphatic carbocycles. The summed E-state index contributed by atoms with van der Waals surface area (Å²) in [6, 6.07) is 7.60. The van der Waals surface area contributed by atoms with Crippen LogP contribution in [0.15, 0.2) is 46.6 Å². The van der Waals surface area contributed by atoms with E-state index in [0.717, 1.165) is 28.1 Å². The first-order valence-corrected chi connectivity index (χ1v) is 11.7. The standard InChI is InChI=1S/C21H19N3O2S3/c1-12(2)8-17-18(13-5-7-27-11-13)23-21(29-17)24-19-15(20(25)26)9-14(10-22-19)16-4-3-6-28-16/h3-7,9-12H,8H2,1-2H3,(H,25,26)(H,22,23,24). The molecule has 0 bridgehead atoms. The van der Waals surface area contributed by atoms with Gasteiger partial charge in [0, 0.05) is 32.5 Å². The van der Waals surface area contributed by atoms with Crippen molar-refractivity contribution in [3.05, 3.63) is 57.0 Å². The summed E-state index contributed by atoms with van der Waals surface area (Å²) in [6.45, 7) is 4.36. The molecule has 29 heavy (non-hydrogen) atoms. The molecule has 0 saturated heterocycles. The molecule has 4 aromatic heterocycles. The third-order valence-corrected chi connectivity index (χ3v) is 6.83. The Labute approximate surface area is 180 Å². The largest absolute Gasteiger partial charge is 0.478 e. The number of pyridine rings is 1. The van der Waals surface area contributed by atoms with E-state index in [0.29, 0.717) is 16.9 Å². The van der Waals surface area contributed by atoms with Gasteiger partial charge in [0.25, 0.3) is 0 Å². The summed E-state index contributed by atoms with van der Waals surface area (Å²) < 4.78 is 0. The fraction of sp³-hybridized carbons (Fsp3) is 0.190. The van der Waals surface area contributed by atoms with Gasteiger partial charge in [0.1, 0.15) is 11.4 Å². The Bertz CT molecular complexity index is 1120. The van der Waals surface area contributed by atoms with Crippen molar-refractivity contribution in [2.24, 2.45) is 5.92 Å². The summed E-state index contributed by atoms with van der Waals surface area (Å²) in [5.74, 6) is -0.214. The molecule has 0 atom stereocenters. The van der Waals surface area contributed by atoms with Crippen LogP contribution in [0.4, 0.5) is 10.9 Å². The number of carboxylic acid groups (broad SMARTS) is 1. The maximum atomic E-state index is 11.8. The van der Waals surface area contributed by atoms with Crippen molar-refractivity contribution < 1.29 is 9.90 Å². The zero-order valence-corrected chi connectivity index (χ0v) is 18.3. The van der Waals surface area contributed by atoms with Crippen LogP contribution in [0.2, 0.25) is 0 Å². The topological polar surface area (TPSA) is 75.1 Å². The zero-order valence-electron chi connectivity index (χ0n) is 15.9. The Morgan fingerprint density at radius 1 is 1.24 bits per heavy atom. The molecule has 8 heteroatoms. The van der Waals surface area contributed by atoms with Gasteiger partial charge in [-0.25, -0.2) is 14.8 Å². The van der Waals surface area contributed by atoms with Gasteiger partial charge in [-0.3, -0.25) is 0 Å². The zero-order chi connectivity index (χ0) is 20.4. The summed E-state index contributed by atoms with van der Waals surface area (Å²) >= 11 is 4.74. The molecule has 0 saturated carbocycles. The Balaban J connectivity index is 1.69. The number of hydrogen-bond donors (Lipinski definition) is 2. The van der Waals surface area contributed by atoms with Crippen LogP contribution < -0.4 is 5.32 Å². The van der Waals surface area contributed by atoms with E-state index < -0.39 is 5.97 Å². The fourth-order valence-electron chi connectivity index (χ4n) is 2.95. The van der Waals surface area contributed by atoms with Crippen molar-refractivity contribution >= 4 is 50.9 Å². The van der Waals surface area contributed by atoms with Crippen LogP contribution in [-0.2, 0) is 6.42 Å². The quantitative estimate of drug-likeness (QED) is 0.336. The minimum atomic E-state index is -1.02. The van der Waals surface area contributed by atoms with E-state index in [9.17, 15) is 9.90 Å². The predicted molar refractivity (Wildman–Crippen MR) is 122 cm³/mol. The maximum absolute atomic E-state index is 11.8. The highest BCUT2D eigenvalue weighted by Crippen LogP contribution is 2.36. The van der Waals surface area contributed by atoms with Gasteiger partial charge in [0.05, 0.1) is 5.69 Å². The maximum Gasteiger partial charge on any atom is 0.339 e. The molecular weight excluding hydrogens is 422 g/mol. The molecule has 4 aromatic rings. The monoisotopic (exact) mass is 441 g/mol. The molecule has 0 spiro atoms. The predicted octanol–water partition coefficient (Wildman–Crippen LogP) is 6.64. The van der Waals surface area contributed by atoms with Crippen molar-refractivity contribution in [2.45, 2.75) is 20.3 Å². The highest BCUT2D eigenvalue weighted by molar-refractivity contribution is 7.16. The first-order chi connectivity index (χ1) is 14.0. The van der Waals surface area contributed by atoms with Crippen LogP contribution in [0, 0.1) is 5.92 Å². The second-order valence-corrected chi connectivity index (χ2v) is 9.74. The van der Waals surface area contributed by atoms with Crippen molar-refractivity contribution in [1.82, 2.24) is 9.97 Å². The van der Waals surface area contributed by atoms with Crippen LogP contribution in [0.25, 0.3) is 21.7 Å². The minimum Gasteiger partial charge on any atom is -0.478 e. The lowest BCUT2D eigenvalue weighted by atomic mass is 10.1. The Morgan fingerprint density at radius 2 is 2.10 bits per heavy atom.